The minimum absolute atomic E-state index is 0.386. The van der Waals surface area contributed by atoms with Gasteiger partial charge in [0.1, 0.15) is 0 Å². The molecule has 1 nitrogen and oxygen atoms in total. The van der Waals surface area contributed by atoms with E-state index in [-0.39, 0.29) is 0 Å². The predicted molar refractivity (Wildman–Crippen MR) is 74.6 cm³/mol. The molecule has 0 heterocycles. The molecule has 0 amide bonds. The van der Waals surface area contributed by atoms with Crippen LogP contribution in [0.2, 0.25) is 0 Å². The van der Waals surface area contributed by atoms with Gasteiger partial charge in [-0.3, -0.25) is 0 Å². The molecule has 16 heavy (non-hydrogen) atoms. The van der Waals surface area contributed by atoms with E-state index in [2.05, 4.69) is 65.9 Å². The van der Waals surface area contributed by atoms with Gasteiger partial charge in [-0.25, -0.2) is 0 Å². The lowest BCUT2D eigenvalue weighted by Crippen LogP contribution is -2.28. The molecule has 0 bridgehead atoms. The molecule has 1 N–H and O–H groups in total. The van der Waals surface area contributed by atoms with Crippen molar-refractivity contribution in [1.29, 1.82) is 0 Å². The van der Waals surface area contributed by atoms with Gasteiger partial charge in [0.15, 0.2) is 0 Å². The van der Waals surface area contributed by atoms with Crippen molar-refractivity contribution in [3.8, 4) is 0 Å². The topological polar surface area (TPSA) is 12.0 Å². The summed E-state index contributed by atoms with van der Waals surface area (Å²) >= 11 is 3.50. The molecule has 2 heteroatoms. The average Bonchev–Trinajstić information content (AvgIpc) is 2.26. The maximum absolute atomic E-state index is 3.75. The Hall–Kier alpha value is -0.600. The minimum atomic E-state index is 0.386. The Morgan fingerprint density at radius 1 is 1.44 bits per heavy atom. The van der Waals surface area contributed by atoms with Crippen LogP contribution in [0.5, 0.6) is 0 Å². The Bertz CT molecular complexity index is 335. The summed E-state index contributed by atoms with van der Waals surface area (Å²) < 4.78 is 1.14. The van der Waals surface area contributed by atoms with Gasteiger partial charge in [-0.1, -0.05) is 34.1 Å². The average molecular weight is 282 g/mol. The Morgan fingerprint density at radius 3 is 2.81 bits per heavy atom. The van der Waals surface area contributed by atoms with Crippen LogP contribution in [0.3, 0.4) is 0 Å². The summed E-state index contributed by atoms with van der Waals surface area (Å²) in [6.45, 7) is 8.17. The Morgan fingerprint density at radius 2 is 2.19 bits per heavy atom. The zero-order valence-electron chi connectivity index (χ0n) is 10.0. The summed E-state index contributed by atoms with van der Waals surface area (Å²) in [4.78, 5) is 0. The van der Waals surface area contributed by atoms with Crippen LogP contribution in [-0.2, 0) is 0 Å². The molecule has 0 saturated carbocycles. The van der Waals surface area contributed by atoms with Crippen molar-refractivity contribution in [2.45, 2.75) is 38.8 Å². The first-order valence-electron chi connectivity index (χ1n) is 5.76. The fourth-order valence-electron chi connectivity index (χ4n) is 1.75. The third kappa shape index (κ3) is 4.50. The Balaban J connectivity index is 2.51. The second-order valence-corrected chi connectivity index (χ2v) is 5.13. The highest BCUT2D eigenvalue weighted by Crippen LogP contribution is 2.18. The number of allylic oxidation sites excluding steroid dienone is 1. The van der Waals surface area contributed by atoms with E-state index in [1.54, 1.807) is 0 Å². The third-order valence-electron chi connectivity index (χ3n) is 2.69. The molecule has 0 spiro atoms. The largest absolute Gasteiger partial charge is 0.308 e. The van der Waals surface area contributed by atoms with Gasteiger partial charge in [0.05, 0.1) is 0 Å². The van der Waals surface area contributed by atoms with Crippen molar-refractivity contribution < 1.29 is 0 Å². The summed E-state index contributed by atoms with van der Waals surface area (Å²) in [5, 5.41) is 3.59. The molecular formula is C14H20BrN. The highest BCUT2D eigenvalue weighted by Gasteiger charge is 2.08. The molecule has 0 aliphatic rings. The van der Waals surface area contributed by atoms with Crippen molar-refractivity contribution in [1.82, 2.24) is 5.32 Å². The second-order valence-electron chi connectivity index (χ2n) is 4.21. The van der Waals surface area contributed by atoms with Crippen LogP contribution in [0.1, 0.15) is 38.3 Å². The lowest BCUT2D eigenvalue weighted by Gasteiger charge is -2.20. The first kappa shape index (κ1) is 13.5. The van der Waals surface area contributed by atoms with Gasteiger partial charge in [0.2, 0.25) is 0 Å². The molecular weight excluding hydrogens is 262 g/mol. The summed E-state index contributed by atoms with van der Waals surface area (Å²) in [7, 11) is 0. The zero-order valence-corrected chi connectivity index (χ0v) is 11.6. The summed E-state index contributed by atoms with van der Waals surface area (Å²) in [5.41, 5.74) is 1.32. The molecule has 0 aliphatic carbocycles. The summed E-state index contributed by atoms with van der Waals surface area (Å²) in [6, 6.07) is 9.36. The first-order valence-corrected chi connectivity index (χ1v) is 6.55. The maximum atomic E-state index is 3.75. The van der Waals surface area contributed by atoms with Gasteiger partial charge in [0.25, 0.3) is 0 Å². The molecule has 1 aromatic rings. The van der Waals surface area contributed by atoms with Gasteiger partial charge < -0.3 is 5.32 Å². The Kier molecular flexibility index (Phi) is 5.78. The van der Waals surface area contributed by atoms with Crippen molar-refractivity contribution in [2.75, 3.05) is 0 Å². The quantitative estimate of drug-likeness (QED) is 0.760. The highest BCUT2D eigenvalue weighted by atomic mass is 79.9. The number of nitrogens with one attached hydrogen (secondary N) is 1. The molecule has 0 aliphatic heterocycles. The minimum Gasteiger partial charge on any atom is -0.308 e. The predicted octanol–water partition coefficient (Wildman–Crippen LogP) is 4.45. The molecule has 0 fully saturated rings. The van der Waals surface area contributed by atoms with Crippen LogP contribution in [0.25, 0.3) is 0 Å². The number of rotatable bonds is 6. The van der Waals surface area contributed by atoms with E-state index < -0.39 is 0 Å². The van der Waals surface area contributed by atoms with E-state index in [9.17, 15) is 0 Å². The van der Waals surface area contributed by atoms with Crippen LogP contribution in [0.4, 0.5) is 0 Å². The normalized spacial score (nSPS) is 14.4. The van der Waals surface area contributed by atoms with Crippen LogP contribution < -0.4 is 5.32 Å². The van der Waals surface area contributed by atoms with Crippen molar-refractivity contribution in [3.05, 3.63) is 47.0 Å². The van der Waals surface area contributed by atoms with Gasteiger partial charge in [-0.05, 0) is 44.4 Å². The standard InChI is InChI=1S/C14H20BrN/c1-4-5-7-11(2)16-12(3)13-8-6-9-14(15)10-13/h4,6,8-12,16H,1,5,7H2,2-3H3. The van der Waals surface area contributed by atoms with Crippen LogP contribution in [0.15, 0.2) is 41.4 Å². The fourth-order valence-corrected chi connectivity index (χ4v) is 2.17. The first-order chi connectivity index (χ1) is 7.63. The fraction of sp³-hybridized carbons (Fsp3) is 0.429. The van der Waals surface area contributed by atoms with E-state index in [1.807, 2.05) is 6.08 Å². The lowest BCUT2D eigenvalue weighted by molar-refractivity contribution is 0.459. The van der Waals surface area contributed by atoms with Crippen LogP contribution >= 0.6 is 15.9 Å². The zero-order chi connectivity index (χ0) is 12.0. The third-order valence-corrected chi connectivity index (χ3v) is 3.18. The maximum Gasteiger partial charge on any atom is 0.0294 e. The highest BCUT2D eigenvalue weighted by molar-refractivity contribution is 9.10. The molecule has 1 rings (SSSR count). The smallest absolute Gasteiger partial charge is 0.0294 e. The van der Waals surface area contributed by atoms with Crippen molar-refractivity contribution >= 4 is 15.9 Å². The molecule has 0 saturated heterocycles. The van der Waals surface area contributed by atoms with Gasteiger partial charge in [0, 0.05) is 16.6 Å². The monoisotopic (exact) mass is 281 g/mol. The van der Waals surface area contributed by atoms with E-state index in [0.717, 1.165) is 17.3 Å². The van der Waals surface area contributed by atoms with Crippen molar-refractivity contribution in [3.63, 3.8) is 0 Å². The van der Waals surface area contributed by atoms with E-state index >= 15 is 0 Å². The van der Waals surface area contributed by atoms with Gasteiger partial charge in [-0.15, -0.1) is 6.58 Å². The molecule has 88 valence electrons. The molecule has 0 radical (unpaired) electrons. The molecule has 0 aromatic heterocycles. The number of hydrogen-bond acceptors (Lipinski definition) is 1. The van der Waals surface area contributed by atoms with Crippen LogP contribution in [0, 0.1) is 0 Å². The van der Waals surface area contributed by atoms with Crippen molar-refractivity contribution in [2.24, 2.45) is 0 Å². The molecule has 2 atom stereocenters. The van der Waals surface area contributed by atoms with E-state index in [1.165, 1.54) is 5.56 Å². The van der Waals surface area contributed by atoms with Gasteiger partial charge >= 0.3 is 0 Å². The molecule has 1 aromatic carbocycles. The van der Waals surface area contributed by atoms with Gasteiger partial charge in [-0.2, -0.15) is 0 Å². The van der Waals surface area contributed by atoms with Crippen LogP contribution in [-0.4, -0.2) is 6.04 Å². The number of benzene rings is 1. The number of halogens is 1. The second kappa shape index (κ2) is 6.87. The Labute approximate surface area is 107 Å². The summed E-state index contributed by atoms with van der Waals surface area (Å²) in [5.74, 6) is 0. The SMILES string of the molecule is C=CCCC(C)NC(C)c1cccc(Br)c1. The van der Waals surface area contributed by atoms with E-state index in [4.69, 9.17) is 0 Å². The lowest BCUT2D eigenvalue weighted by atomic mass is 10.1. The van der Waals surface area contributed by atoms with E-state index in [0.29, 0.717) is 12.1 Å². The number of hydrogen-bond donors (Lipinski definition) is 1. The summed E-state index contributed by atoms with van der Waals surface area (Å²) in [6.07, 6.45) is 4.18. The molecule has 2 unspecified atom stereocenters.